The van der Waals surface area contributed by atoms with Gasteiger partial charge in [0.25, 0.3) is 0 Å². The maximum atomic E-state index is 11.6. The number of nitrogens with zero attached hydrogens (tertiary/aromatic N) is 1. The van der Waals surface area contributed by atoms with E-state index in [1.54, 1.807) is 0 Å². The van der Waals surface area contributed by atoms with E-state index in [4.69, 9.17) is 5.11 Å². The lowest BCUT2D eigenvalue weighted by Crippen LogP contribution is -2.37. The predicted octanol–water partition coefficient (Wildman–Crippen LogP) is 0.360. The number of carbonyl (C=O) groups is 1. The molecule has 6 heteroatoms. The maximum absolute atomic E-state index is 11.6. The molecule has 1 atom stereocenters. The van der Waals surface area contributed by atoms with Gasteiger partial charge < -0.3 is 10.0 Å². The monoisotopic (exact) mass is 249 g/mol. The third-order valence-electron chi connectivity index (χ3n) is 3.03. The van der Waals surface area contributed by atoms with E-state index in [0.717, 1.165) is 25.9 Å². The van der Waals surface area contributed by atoms with Crippen LogP contribution >= 0.6 is 0 Å². The van der Waals surface area contributed by atoms with E-state index in [-0.39, 0.29) is 5.75 Å². The van der Waals surface area contributed by atoms with Crippen LogP contribution < -0.4 is 0 Å². The fraction of sp³-hybridized carbons (Fsp3) is 0.900. The van der Waals surface area contributed by atoms with Crippen molar-refractivity contribution < 1.29 is 18.3 Å². The number of likely N-dealkylation sites (tertiary alicyclic amines) is 1. The summed E-state index contributed by atoms with van der Waals surface area (Å²) in [5.41, 5.74) is 0. The number of hydrogen-bond acceptors (Lipinski definition) is 4. The van der Waals surface area contributed by atoms with E-state index in [9.17, 15) is 13.2 Å². The third kappa shape index (κ3) is 3.75. The summed E-state index contributed by atoms with van der Waals surface area (Å²) in [6.07, 6.45) is 3.41. The molecule has 16 heavy (non-hydrogen) atoms. The van der Waals surface area contributed by atoms with E-state index in [2.05, 4.69) is 4.90 Å². The Labute approximate surface area is 96.4 Å². The molecule has 0 saturated carbocycles. The maximum Gasteiger partial charge on any atom is 0.321 e. The number of piperidine rings is 1. The number of hydrogen-bond donors (Lipinski definition) is 1. The average Bonchev–Trinajstić information content (AvgIpc) is 2.27. The van der Waals surface area contributed by atoms with Crippen LogP contribution in [0.15, 0.2) is 0 Å². The highest BCUT2D eigenvalue weighted by Gasteiger charge is 2.27. The molecule has 1 aliphatic heterocycles. The Morgan fingerprint density at radius 1 is 1.31 bits per heavy atom. The van der Waals surface area contributed by atoms with E-state index in [1.165, 1.54) is 13.3 Å². The second-order valence-corrected chi connectivity index (χ2v) is 6.69. The molecule has 1 aliphatic rings. The summed E-state index contributed by atoms with van der Waals surface area (Å²) in [5.74, 6) is -1.32. The molecule has 0 aromatic carbocycles. The first-order valence-electron chi connectivity index (χ1n) is 5.60. The van der Waals surface area contributed by atoms with Crippen molar-refractivity contribution in [3.8, 4) is 0 Å². The van der Waals surface area contributed by atoms with Gasteiger partial charge in [-0.1, -0.05) is 6.42 Å². The van der Waals surface area contributed by atoms with Crippen LogP contribution in [0, 0.1) is 0 Å². The van der Waals surface area contributed by atoms with E-state index >= 15 is 0 Å². The van der Waals surface area contributed by atoms with Crippen molar-refractivity contribution in [2.24, 2.45) is 0 Å². The fourth-order valence-electron chi connectivity index (χ4n) is 1.77. The minimum Gasteiger partial charge on any atom is -0.480 e. The average molecular weight is 249 g/mol. The summed E-state index contributed by atoms with van der Waals surface area (Å²) in [7, 11) is -3.50. The van der Waals surface area contributed by atoms with E-state index in [0.29, 0.717) is 6.54 Å². The van der Waals surface area contributed by atoms with Crippen molar-refractivity contribution in [2.45, 2.75) is 31.4 Å². The van der Waals surface area contributed by atoms with Gasteiger partial charge in [-0.3, -0.25) is 4.79 Å². The number of aliphatic carboxylic acids is 1. The van der Waals surface area contributed by atoms with Gasteiger partial charge >= 0.3 is 5.97 Å². The largest absolute Gasteiger partial charge is 0.480 e. The lowest BCUT2D eigenvalue weighted by Gasteiger charge is -2.26. The fourth-order valence-corrected chi connectivity index (χ4v) is 2.94. The second kappa shape index (κ2) is 5.63. The minimum absolute atomic E-state index is 0.0551. The molecule has 1 heterocycles. The highest BCUT2D eigenvalue weighted by atomic mass is 32.2. The molecule has 0 aliphatic carbocycles. The molecule has 0 aromatic heterocycles. The molecular formula is C10H19NO4S. The Balaban J connectivity index is 2.44. The van der Waals surface area contributed by atoms with Gasteiger partial charge in [-0.2, -0.15) is 0 Å². The summed E-state index contributed by atoms with van der Waals surface area (Å²) < 4.78 is 23.2. The van der Waals surface area contributed by atoms with Gasteiger partial charge in [0.2, 0.25) is 0 Å². The lowest BCUT2D eigenvalue weighted by molar-refractivity contribution is -0.136. The molecule has 1 fully saturated rings. The Bertz CT molecular complexity index is 333. The smallest absolute Gasteiger partial charge is 0.321 e. The van der Waals surface area contributed by atoms with Crippen LogP contribution in [0.2, 0.25) is 0 Å². The molecule has 0 radical (unpaired) electrons. The molecule has 0 spiro atoms. The van der Waals surface area contributed by atoms with Gasteiger partial charge in [-0.25, -0.2) is 8.42 Å². The molecule has 5 nitrogen and oxygen atoms in total. The van der Waals surface area contributed by atoms with Crippen LogP contribution in [0.25, 0.3) is 0 Å². The van der Waals surface area contributed by atoms with Gasteiger partial charge in [-0.05, 0) is 32.9 Å². The molecular weight excluding hydrogens is 230 g/mol. The zero-order valence-electron chi connectivity index (χ0n) is 9.55. The van der Waals surface area contributed by atoms with E-state index < -0.39 is 21.1 Å². The van der Waals surface area contributed by atoms with Crippen LogP contribution in [0.4, 0.5) is 0 Å². The predicted molar refractivity (Wildman–Crippen MR) is 61.2 cm³/mol. The first-order valence-corrected chi connectivity index (χ1v) is 7.32. The van der Waals surface area contributed by atoms with Crippen molar-refractivity contribution in [1.82, 2.24) is 4.90 Å². The minimum atomic E-state index is -3.50. The van der Waals surface area contributed by atoms with Crippen molar-refractivity contribution >= 4 is 15.8 Å². The van der Waals surface area contributed by atoms with Crippen molar-refractivity contribution in [1.29, 1.82) is 0 Å². The molecule has 1 saturated heterocycles. The summed E-state index contributed by atoms with van der Waals surface area (Å²) in [4.78, 5) is 12.7. The number of rotatable bonds is 5. The Hall–Kier alpha value is -0.620. The highest BCUT2D eigenvalue weighted by molar-refractivity contribution is 7.92. The summed E-state index contributed by atoms with van der Waals surface area (Å²) in [5, 5.41) is 7.37. The Morgan fingerprint density at radius 2 is 1.88 bits per heavy atom. The quantitative estimate of drug-likeness (QED) is 0.761. The first-order chi connectivity index (χ1) is 7.43. The number of carboxylic acids is 1. The molecule has 0 aromatic rings. The number of carboxylic acid groups (broad SMARTS) is 1. The van der Waals surface area contributed by atoms with Gasteiger partial charge in [0.05, 0.1) is 5.75 Å². The third-order valence-corrected chi connectivity index (χ3v) is 5.06. The molecule has 0 bridgehead atoms. The van der Waals surface area contributed by atoms with Crippen LogP contribution in [0.3, 0.4) is 0 Å². The normalized spacial score (nSPS) is 20.6. The zero-order chi connectivity index (χ0) is 12.2. The van der Waals surface area contributed by atoms with Crippen molar-refractivity contribution in [2.75, 3.05) is 25.4 Å². The van der Waals surface area contributed by atoms with Crippen LogP contribution in [-0.4, -0.2) is 55.0 Å². The van der Waals surface area contributed by atoms with Crippen molar-refractivity contribution in [3.05, 3.63) is 0 Å². The van der Waals surface area contributed by atoms with Gasteiger partial charge in [0, 0.05) is 6.54 Å². The Kier molecular flexibility index (Phi) is 4.73. The molecule has 1 unspecified atom stereocenters. The van der Waals surface area contributed by atoms with Crippen LogP contribution in [0.5, 0.6) is 0 Å². The standard InChI is InChI=1S/C10H19NO4S/c1-9(10(12)13)16(14,15)8-7-11-5-3-2-4-6-11/h9H,2-8H2,1H3,(H,12,13). The summed E-state index contributed by atoms with van der Waals surface area (Å²) in [6, 6.07) is 0. The SMILES string of the molecule is CC(C(=O)O)S(=O)(=O)CCN1CCCCC1. The number of sulfone groups is 1. The topological polar surface area (TPSA) is 74.7 Å². The summed E-state index contributed by atoms with van der Waals surface area (Å²) >= 11 is 0. The first kappa shape index (κ1) is 13.4. The van der Waals surface area contributed by atoms with Gasteiger partial charge in [-0.15, -0.1) is 0 Å². The van der Waals surface area contributed by atoms with Gasteiger partial charge in [0.15, 0.2) is 15.1 Å². The van der Waals surface area contributed by atoms with Crippen LogP contribution in [-0.2, 0) is 14.6 Å². The van der Waals surface area contributed by atoms with Crippen LogP contribution in [0.1, 0.15) is 26.2 Å². The molecule has 0 amide bonds. The molecule has 94 valence electrons. The molecule has 1 rings (SSSR count). The van der Waals surface area contributed by atoms with E-state index in [1.807, 2.05) is 0 Å². The Morgan fingerprint density at radius 3 is 2.38 bits per heavy atom. The van der Waals surface area contributed by atoms with Crippen molar-refractivity contribution in [3.63, 3.8) is 0 Å². The highest BCUT2D eigenvalue weighted by Crippen LogP contribution is 2.10. The zero-order valence-corrected chi connectivity index (χ0v) is 10.4. The second-order valence-electron chi connectivity index (χ2n) is 4.25. The molecule has 1 N–H and O–H groups in total. The summed E-state index contributed by atoms with van der Waals surface area (Å²) in [6.45, 7) is 3.54. The van der Waals surface area contributed by atoms with Gasteiger partial charge in [0.1, 0.15) is 0 Å². The lowest BCUT2D eigenvalue weighted by atomic mass is 10.1.